The van der Waals surface area contributed by atoms with Crippen LogP contribution in [0.5, 0.6) is 0 Å². The number of esters is 1. The molecule has 0 fully saturated rings. The molecular weight excluding hydrogens is 312 g/mol. The Morgan fingerprint density at radius 3 is 2.28 bits per heavy atom. The molecule has 4 nitrogen and oxygen atoms in total. The molecule has 0 saturated carbocycles. The number of carbonyl (C=O) groups excluding carboxylic acids is 1. The van der Waals surface area contributed by atoms with Crippen molar-refractivity contribution in [2.75, 3.05) is 0 Å². The van der Waals surface area contributed by atoms with Gasteiger partial charge < -0.3 is 10.5 Å². The van der Waals surface area contributed by atoms with Gasteiger partial charge in [-0.05, 0) is 31.9 Å². The second kappa shape index (κ2) is 5.78. The highest BCUT2D eigenvalue weighted by Gasteiger charge is 2.50. The highest BCUT2D eigenvalue weighted by atomic mass is 16.6. The first-order valence-electron chi connectivity index (χ1n) is 8.11. The molecule has 1 atom stereocenters. The number of carbonyl (C=O) groups is 1. The van der Waals surface area contributed by atoms with Crippen molar-refractivity contribution in [1.82, 2.24) is 0 Å². The number of hydrogen-bond acceptors (Lipinski definition) is 4. The van der Waals surface area contributed by atoms with Crippen LogP contribution in [0.4, 0.5) is 0 Å². The van der Waals surface area contributed by atoms with E-state index in [2.05, 4.69) is 6.07 Å². The first-order valence-corrected chi connectivity index (χ1v) is 8.11. The Morgan fingerprint density at radius 2 is 1.68 bits per heavy atom. The zero-order valence-corrected chi connectivity index (χ0v) is 14.5. The Labute approximate surface area is 147 Å². The van der Waals surface area contributed by atoms with E-state index in [1.807, 2.05) is 54.6 Å². The normalized spacial score (nSPS) is 19.3. The summed E-state index contributed by atoms with van der Waals surface area (Å²) < 4.78 is 5.57. The topological polar surface area (TPSA) is 76.1 Å². The van der Waals surface area contributed by atoms with Gasteiger partial charge in [0.05, 0.1) is 17.3 Å². The maximum atomic E-state index is 13.0. The quantitative estimate of drug-likeness (QED) is 0.854. The summed E-state index contributed by atoms with van der Waals surface area (Å²) in [7, 11) is 0. The minimum absolute atomic E-state index is 0.192. The van der Waals surface area contributed by atoms with Crippen LogP contribution < -0.4 is 5.73 Å². The van der Waals surface area contributed by atoms with Gasteiger partial charge in [0.2, 0.25) is 0 Å². The molecule has 4 heteroatoms. The minimum Gasteiger partial charge on any atom is -0.456 e. The van der Waals surface area contributed by atoms with E-state index in [0.29, 0.717) is 22.4 Å². The number of fused-ring (bicyclic) bond motifs is 1. The summed E-state index contributed by atoms with van der Waals surface area (Å²) in [6.45, 7) is 5.38. The largest absolute Gasteiger partial charge is 0.456 e. The van der Waals surface area contributed by atoms with Crippen LogP contribution in [-0.4, -0.2) is 11.6 Å². The van der Waals surface area contributed by atoms with Gasteiger partial charge in [0.25, 0.3) is 0 Å². The summed E-state index contributed by atoms with van der Waals surface area (Å²) in [5, 5.41) is 10.2. The summed E-state index contributed by atoms with van der Waals surface area (Å²) in [5.41, 5.74) is 6.98. The van der Waals surface area contributed by atoms with Gasteiger partial charge in [0.15, 0.2) is 0 Å². The number of hydrogen-bond donors (Lipinski definition) is 1. The van der Waals surface area contributed by atoms with Crippen molar-refractivity contribution >= 4 is 11.7 Å². The number of benzene rings is 2. The van der Waals surface area contributed by atoms with Crippen molar-refractivity contribution in [3.63, 3.8) is 0 Å². The van der Waals surface area contributed by atoms with Gasteiger partial charge >= 0.3 is 5.97 Å². The number of nitrogens with zero attached hydrogens (tertiary/aromatic N) is 1. The Hall–Kier alpha value is -3.06. The molecule has 0 aliphatic heterocycles. The van der Waals surface area contributed by atoms with E-state index in [-0.39, 0.29) is 5.57 Å². The molecule has 2 aromatic carbocycles. The predicted molar refractivity (Wildman–Crippen MR) is 96.2 cm³/mol. The molecule has 2 aromatic rings. The van der Waals surface area contributed by atoms with Gasteiger partial charge in [-0.1, -0.05) is 54.6 Å². The molecular formula is C21H20N2O2. The molecule has 0 aromatic heterocycles. The van der Waals surface area contributed by atoms with Crippen molar-refractivity contribution in [2.24, 2.45) is 5.73 Å². The summed E-state index contributed by atoms with van der Waals surface area (Å²) in [6.07, 6.45) is 0. The standard InChI is InChI=1S/C21H20N2O2/c1-20(2,3)25-19(24)17-18(23)15-11-7-8-12-16(15)21(17,13-22)14-9-5-4-6-10-14/h4-12H,23H2,1-3H3. The SMILES string of the molecule is CC(C)(C)OC(=O)C1=C(N)c2ccccc2C1(C#N)c1ccccc1. The fraction of sp³-hybridized carbons (Fsp3) is 0.238. The minimum atomic E-state index is -1.27. The molecule has 1 unspecified atom stereocenters. The van der Waals surface area contributed by atoms with Crippen molar-refractivity contribution in [3.05, 3.63) is 76.9 Å². The number of ether oxygens (including phenoxy) is 1. The summed E-state index contributed by atoms with van der Waals surface area (Å²) >= 11 is 0. The fourth-order valence-corrected chi connectivity index (χ4v) is 3.28. The molecule has 1 aliphatic carbocycles. The first kappa shape index (κ1) is 16.8. The molecule has 0 spiro atoms. The lowest BCUT2D eigenvalue weighted by Gasteiger charge is -2.28. The van der Waals surface area contributed by atoms with E-state index < -0.39 is 17.0 Å². The third-order valence-electron chi connectivity index (χ3n) is 4.24. The highest BCUT2D eigenvalue weighted by molar-refractivity contribution is 6.05. The molecule has 1 aliphatic rings. The smallest absolute Gasteiger partial charge is 0.339 e. The second-order valence-corrected chi connectivity index (χ2v) is 7.06. The third-order valence-corrected chi connectivity index (χ3v) is 4.24. The van der Waals surface area contributed by atoms with Crippen molar-refractivity contribution in [2.45, 2.75) is 31.8 Å². The summed E-state index contributed by atoms with van der Waals surface area (Å²) in [5.74, 6) is -0.563. The fourth-order valence-electron chi connectivity index (χ4n) is 3.28. The number of nitriles is 1. The van der Waals surface area contributed by atoms with E-state index in [1.54, 1.807) is 20.8 Å². The van der Waals surface area contributed by atoms with Crippen LogP contribution in [0, 0.1) is 11.3 Å². The predicted octanol–water partition coefficient (Wildman–Crippen LogP) is 3.52. The number of rotatable bonds is 2. The molecule has 25 heavy (non-hydrogen) atoms. The molecule has 3 rings (SSSR count). The van der Waals surface area contributed by atoms with Gasteiger partial charge in [-0.3, -0.25) is 0 Å². The van der Waals surface area contributed by atoms with Crippen LogP contribution in [0.2, 0.25) is 0 Å². The lowest BCUT2D eigenvalue weighted by atomic mass is 9.73. The third kappa shape index (κ3) is 2.58. The maximum Gasteiger partial charge on any atom is 0.339 e. The second-order valence-electron chi connectivity index (χ2n) is 7.06. The number of nitrogens with two attached hydrogens (primary N) is 1. The Morgan fingerprint density at radius 1 is 1.08 bits per heavy atom. The molecule has 126 valence electrons. The first-order chi connectivity index (χ1) is 11.8. The molecule has 0 saturated heterocycles. The van der Waals surface area contributed by atoms with E-state index in [9.17, 15) is 10.1 Å². The van der Waals surface area contributed by atoms with E-state index in [1.165, 1.54) is 0 Å². The van der Waals surface area contributed by atoms with E-state index in [4.69, 9.17) is 10.5 Å². The average molecular weight is 332 g/mol. The van der Waals surface area contributed by atoms with Gasteiger partial charge in [-0.15, -0.1) is 0 Å². The van der Waals surface area contributed by atoms with E-state index >= 15 is 0 Å². The maximum absolute atomic E-state index is 13.0. The summed E-state index contributed by atoms with van der Waals surface area (Å²) in [4.78, 5) is 13.0. The van der Waals surface area contributed by atoms with Crippen LogP contribution >= 0.6 is 0 Å². The van der Waals surface area contributed by atoms with Crippen molar-refractivity contribution in [1.29, 1.82) is 5.26 Å². The average Bonchev–Trinajstić information content (AvgIpc) is 2.84. The monoisotopic (exact) mass is 332 g/mol. The Balaban J connectivity index is 2.30. The Bertz CT molecular complexity index is 901. The van der Waals surface area contributed by atoms with Gasteiger partial charge in [0, 0.05) is 5.56 Å². The van der Waals surface area contributed by atoms with Crippen LogP contribution in [-0.2, 0) is 14.9 Å². The van der Waals surface area contributed by atoms with Crippen LogP contribution in [0.1, 0.15) is 37.5 Å². The van der Waals surface area contributed by atoms with Crippen molar-refractivity contribution in [3.8, 4) is 6.07 Å². The highest BCUT2D eigenvalue weighted by Crippen LogP contribution is 2.49. The zero-order valence-electron chi connectivity index (χ0n) is 14.5. The zero-order chi connectivity index (χ0) is 18.2. The van der Waals surface area contributed by atoms with Crippen LogP contribution in [0.3, 0.4) is 0 Å². The van der Waals surface area contributed by atoms with Crippen LogP contribution in [0.15, 0.2) is 60.2 Å². The molecule has 0 radical (unpaired) electrons. The lowest BCUT2D eigenvalue weighted by Crippen LogP contribution is -2.35. The van der Waals surface area contributed by atoms with Gasteiger partial charge in [-0.2, -0.15) is 5.26 Å². The van der Waals surface area contributed by atoms with Crippen molar-refractivity contribution < 1.29 is 9.53 Å². The van der Waals surface area contributed by atoms with E-state index in [0.717, 1.165) is 0 Å². The van der Waals surface area contributed by atoms with Gasteiger partial charge in [0.1, 0.15) is 11.0 Å². The molecule has 0 bridgehead atoms. The molecule has 0 heterocycles. The lowest BCUT2D eigenvalue weighted by molar-refractivity contribution is -0.150. The van der Waals surface area contributed by atoms with Gasteiger partial charge in [-0.25, -0.2) is 4.79 Å². The summed E-state index contributed by atoms with van der Waals surface area (Å²) in [6, 6.07) is 19.0. The molecule has 0 amide bonds. The Kier molecular flexibility index (Phi) is 3.88. The molecule has 2 N–H and O–H groups in total. The van der Waals surface area contributed by atoms with Crippen LogP contribution in [0.25, 0.3) is 5.70 Å².